The zero-order chi connectivity index (χ0) is 14.2. The van der Waals surface area contributed by atoms with Gasteiger partial charge in [0.1, 0.15) is 0 Å². The number of hydrogen-bond donors (Lipinski definition) is 2. The number of amides is 3. The summed E-state index contributed by atoms with van der Waals surface area (Å²) in [5.74, 6) is -1.73. The van der Waals surface area contributed by atoms with Gasteiger partial charge in [-0.05, 0) is 24.3 Å². The Labute approximate surface area is 108 Å². The van der Waals surface area contributed by atoms with Crippen molar-refractivity contribution in [2.75, 3.05) is 16.8 Å². The van der Waals surface area contributed by atoms with Crippen LogP contribution in [0.25, 0.3) is 0 Å². The largest absolute Gasteiger partial charge is 0.380 e. The third-order valence-electron chi connectivity index (χ3n) is 2.92. The van der Waals surface area contributed by atoms with Gasteiger partial charge >= 0.3 is 0 Å². The number of hydrogen-bond acceptors (Lipinski definition) is 5. The van der Waals surface area contributed by atoms with Crippen LogP contribution in [0.4, 0.5) is 11.4 Å². The lowest BCUT2D eigenvalue weighted by molar-refractivity contribution is -0.129. The number of aliphatic hydroxyl groups excluding tert-OH is 2. The Balaban J connectivity index is 2.30. The Morgan fingerprint density at radius 3 is 2.00 bits per heavy atom. The number of carbonyl (C=O) groups is 3. The van der Waals surface area contributed by atoms with E-state index in [1.54, 1.807) is 19.2 Å². The monoisotopic (exact) mass is 264 g/mol. The second-order valence-corrected chi connectivity index (χ2v) is 4.13. The average Bonchev–Trinajstić information content (AvgIpc) is 2.62. The van der Waals surface area contributed by atoms with Gasteiger partial charge in [0.25, 0.3) is 11.8 Å². The van der Waals surface area contributed by atoms with Gasteiger partial charge < -0.3 is 15.1 Å². The summed E-state index contributed by atoms with van der Waals surface area (Å²) in [6.07, 6.45) is -2.84. The Kier molecular flexibility index (Phi) is 3.32. The molecule has 2 rings (SSSR count). The highest BCUT2D eigenvalue weighted by Gasteiger charge is 2.46. The molecule has 0 aliphatic carbocycles. The molecule has 19 heavy (non-hydrogen) atoms. The lowest BCUT2D eigenvalue weighted by Crippen LogP contribution is -2.32. The van der Waals surface area contributed by atoms with Crippen molar-refractivity contribution < 1.29 is 24.6 Å². The van der Waals surface area contributed by atoms with E-state index in [-0.39, 0.29) is 5.69 Å². The Morgan fingerprint density at radius 1 is 1.11 bits per heavy atom. The fourth-order valence-electron chi connectivity index (χ4n) is 1.80. The van der Waals surface area contributed by atoms with Crippen LogP contribution in [0.3, 0.4) is 0 Å². The van der Waals surface area contributed by atoms with Gasteiger partial charge in [0.2, 0.25) is 6.41 Å². The van der Waals surface area contributed by atoms with Gasteiger partial charge in [-0.1, -0.05) is 0 Å². The second kappa shape index (κ2) is 4.79. The first-order valence-electron chi connectivity index (χ1n) is 5.49. The molecule has 1 aliphatic rings. The topological polar surface area (TPSA) is 98.2 Å². The molecule has 0 spiro atoms. The molecule has 1 fully saturated rings. The Hall–Kier alpha value is -2.25. The van der Waals surface area contributed by atoms with Crippen LogP contribution >= 0.6 is 0 Å². The van der Waals surface area contributed by atoms with Gasteiger partial charge in [-0.2, -0.15) is 0 Å². The number of rotatable bonds is 3. The minimum absolute atomic E-state index is 0.230. The van der Waals surface area contributed by atoms with E-state index in [2.05, 4.69) is 0 Å². The van der Waals surface area contributed by atoms with Gasteiger partial charge in [-0.15, -0.1) is 0 Å². The highest BCUT2D eigenvalue weighted by atomic mass is 16.4. The van der Waals surface area contributed by atoms with Crippen molar-refractivity contribution >= 4 is 29.6 Å². The van der Waals surface area contributed by atoms with E-state index in [0.717, 1.165) is 4.90 Å². The van der Waals surface area contributed by atoms with Crippen molar-refractivity contribution in [3.8, 4) is 0 Å². The first-order valence-corrected chi connectivity index (χ1v) is 5.49. The maximum Gasteiger partial charge on any atom is 0.265 e. The number of carbonyl (C=O) groups excluding carboxylic acids is 3. The standard InChI is InChI=1S/C12H12N2O5/c1-13(6-15)7-2-4-8(5-3-7)14-11(18)9(16)10(17)12(14)19/h2-6,9-10,16-17H,1H3. The third-order valence-corrected chi connectivity index (χ3v) is 2.92. The zero-order valence-corrected chi connectivity index (χ0v) is 10.1. The van der Waals surface area contributed by atoms with Crippen LogP contribution in [0.5, 0.6) is 0 Å². The summed E-state index contributed by atoms with van der Waals surface area (Å²) in [5.41, 5.74) is 0.813. The van der Waals surface area contributed by atoms with E-state index in [1.165, 1.54) is 17.0 Å². The molecule has 100 valence electrons. The first-order chi connectivity index (χ1) is 8.97. The van der Waals surface area contributed by atoms with E-state index in [9.17, 15) is 24.6 Å². The zero-order valence-electron chi connectivity index (χ0n) is 10.1. The maximum absolute atomic E-state index is 11.6. The van der Waals surface area contributed by atoms with Crippen LogP contribution in [-0.2, 0) is 14.4 Å². The summed E-state index contributed by atoms with van der Waals surface area (Å²) in [4.78, 5) is 35.9. The molecule has 2 N–H and O–H groups in total. The molecule has 3 amide bonds. The molecular weight excluding hydrogens is 252 g/mol. The summed E-state index contributed by atoms with van der Waals surface area (Å²) < 4.78 is 0. The van der Waals surface area contributed by atoms with Crippen LogP contribution in [0.15, 0.2) is 24.3 Å². The van der Waals surface area contributed by atoms with Crippen LogP contribution in [0.2, 0.25) is 0 Å². The maximum atomic E-state index is 11.6. The van der Waals surface area contributed by atoms with Crippen molar-refractivity contribution in [3.63, 3.8) is 0 Å². The van der Waals surface area contributed by atoms with Crippen LogP contribution in [0.1, 0.15) is 0 Å². The number of anilines is 2. The number of nitrogens with zero attached hydrogens (tertiary/aromatic N) is 2. The van der Waals surface area contributed by atoms with Gasteiger partial charge in [0.05, 0.1) is 5.69 Å². The number of imide groups is 1. The van der Waals surface area contributed by atoms with Gasteiger partial charge in [-0.3, -0.25) is 14.4 Å². The average molecular weight is 264 g/mol. The molecule has 1 aliphatic heterocycles. The Morgan fingerprint density at radius 2 is 1.58 bits per heavy atom. The molecule has 2 atom stereocenters. The van der Waals surface area contributed by atoms with Crippen LogP contribution in [0, 0.1) is 0 Å². The molecule has 2 unspecified atom stereocenters. The summed E-state index contributed by atoms with van der Waals surface area (Å²) >= 11 is 0. The normalized spacial score (nSPS) is 22.8. The number of aliphatic hydroxyl groups is 2. The predicted molar refractivity (Wildman–Crippen MR) is 65.4 cm³/mol. The molecule has 0 bridgehead atoms. The van der Waals surface area contributed by atoms with Crippen molar-refractivity contribution in [1.29, 1.82) is 0 Å². The number of benzene rings is 1. The smallest absolute Gasteiger partial charge is 0.265 e. The molecule has 1 saturated heterocycles. The van der Waals surface area contributed by atoms with Crippen LogP contribution < -0.4 is 9.80 Å². The molecule has 7 heteroatoms. The fraction of sp³-hybridized carbons (Fsp3) is 0.250. The Bertz CT molecular complexity index is 507. The molecule has 1 heterocycles. The minimum atomic E-state index is -1.73. The van der Waals surface area contributed by atoms with Crippen molar-refractivity contribution in [3.05, 3.63) is 24.3 Å². The molecule has 0 saturated carbocycles. The van der Waals surface area contributed by atoms with Crippen molar-refractivity contribution in [2.24, 2.45) is 0 Å². The van der Waals surface area contributed by atoms with E-state index >= 15 is 0 Å². The van der Waals surface area contributed by atoms with Crippen molar-refractivity contribution in [1.82, 2.24) is 0 Å². The predicted octanol–water partition coefficient (Wildman–Crippen LogP) is -1.13. The lowest BCUT2D eigenvalue weighted by atomic mass is 10.2. The van der Waals surface area contributed by atoms with Crippen molar-refractivity contribution in [2.45, 2.75) is 12.2 Å². The van der Waals surface area contributed by atoms with E-state index in [1.807, 2.05) is 0 Å². The molecule has 0 aromatic heterocycles. The minimum Gasteiger partial charge on any atom is -0.380 e. The lowest BCUT2D eigenvalue weighted by Gasteiger charge is -2.16. The third kappa shape index (κ3) is 2.09. The molecule has 1 aromatic rings. The summed E-state index contributed by atoms with van der Waals surface area (Å²) in [7, 11) is 1.56. The van der Waals surface area contributed by atoms with Gasteiger partial charge in [0.15, 0.2) is 12.2 Å². The van der Waals surface area contributed by atoms with Gasteiger partial charge in [0, 0.05) is 12.7 Å². The first kappa shape index (κ1) is 13.2. The second-order valence-electron chi connectivity index (χ2n) is 4.13. The fourth-order valence-corrected chi connectivity index (χ4v) is 1.80. The molecule has 1 aromatic carbocycles. The highest BCUT2D eigenvalue weighted by Crippen LogP contribution is 2.25. The van der Waals surface area contributed by atoms with Gasteiger partial charge in [-0.25, -0.2) is 4.90 Å². The molecule has 0 radical (unpaired) electrons. The summed E-state index contributed by atoms with van der Waals surface area (Å²) in [6.45, 7) is 0. The quantitative estimate of drug-likeness (QED) is 0.532. The highest BCUT2D eigenvalue weighted by molar-refractivity contribution is 6.24. The summed E-state index contributed by atoms with van der Waals surface area (Å²) in [5, 5.41) is 18.7. The van der Waals surface area contributed by atoms with E-state index < -0.39 is 24.0 Å². The molecule has 7 nitrogen and oxygen atoms in total. The van der Waals surface area contributed by atoms with E-state index in [4.69, 9.17) is 0 Å². The molecular formula is C12H12N2O5. The SMILES string of the molecule is CN(C=O)c1ccc(N2C(=O)C(O)C(O)C2=O)cc1. The van der Waals surface area contributed by atoms with Crippen LogP contribution in [-0.4, -0.2) is 47.7 Å². The van der Waals surface area contributed by atoms with E-state index in [0.29, 0.717) is 12.1 Å². The summed E-state index contributed by atoms with van der Waals surface area (Å²) in [6, 6.07) is 5.99.